The lowest BCUT2D eigenvalue weighted by atomic mass is 9.94. The Hall–Kier alpha value is -4.00. The fourth-order valence-corrected chi connectivity index (χ4v) is 3.85. The molecular formula is C25H19F2NO4. The minimum Gasteiger partial charge on any atom is -0.507 e. The van der Waals surface area contributed by atoms with Gasteiger partial charge < -0.3 is 9.84 Å². The van der Waals surface area contributed by atoms with Gasteiger partial charge in [-0.05, 0) is 36.8 Å². The summed E-state index contributed by atoms with van der Waals surface area (Å²) < 4.78 is 33.9. The van der Waals surface area contributed by atoms with E-state index < -0.39 is 40.8 Å². The molecule has 3 aromatic carbocycles. The summed E-state index contributed by atoms with van der Waals surface area (Å²) in [4.78, 5) is 27.0. The van der Waals surface area contributed by atoms with E-state index in [2.05, 4.69) is 0 Å². The number of nitrogens with zero attached hydrogens (tertiary/aromatic N) is 1. The lowest BCUT2D eigenvalue weighted by Crippen LogP contribution is -2.30. The van der Waals surface area contributed by atoms with E-state index >= 15 is 0 Å². The van der Waals surface area contributed by atoms with Crippen LogP contribution < -0.4 is 9.64 Å². The molecule has 4 rings (SSSR count). The molecular weight excluding hydrogens is 416 g/mol. The predicted molar refractivity (Wildman–Crippen MR) is 115 cm³/mol. The zero-order valence-electron chi connectivity index (χ0n) is 17.3. The number of anilines is 1. The fourth-order valence-electron chi connectivity index (χ4n) is 3.85. The van der Waals surface area contributed by atoms with Crippen molar-refractivity contribution >= 4 is 23.1 Å². The number of ether oxygens (including phenoxy) is 1. The maximum Gasteiger partial charge on any atom is 0.300 e. The third kappa shape index (κ3) is 3.51. The number of aliphatic hydroxyl groups is 1. The van der Waals surface area contributed by atoms with Crippen molar-refractivity contribution in [3.63, 3.8) is 0 Å². The van der Waals surface area contributed by atoms with Crippen molar-refractivity contribution in [3.8, 4) is 5.75 Å². The van der Waals surface area contributed by atoms with Crippen LogP contribution in [0.3, 0.4) is 0 Å². The van der Waals surface area contributed by atoms with Crippen LogP contribution >= 0.6 is 0 Å². The van der Waals surface area contributed by atoms with Gasteiger partial charge in [-0.2, -0.15) is 0 Å². The van der Waals surface area contributed by atoms with E-state index in [0.717, 1.165) is 28.7 Å². The molecule has 162 valence electrons. The highest BCUT2D eigenvalue weighted by Crippen LogP contribution is 2.44. The van der Waals surface area contributed by atoms with Crippen molar-refractivity contribution in [3.05, 3.63) is 101 Å². The summed E-state index contributed by atoms with van der Waals surface area (Å²) >= 11 is 0. The molecule has 1 aliphatic rings. The second-order valence-electron chi connectivity index (χ2n) is 7.38. The zero-order chi connectivity index (χ0) is 23.0. The van der Waals surface area contributed by atoms with Crippen LogP contribution in [0, 0.1) is 18.6 Å². The number of rotatable bonds is 4. The largest absolute Gasteiger partial charge is 0.507 e. The molecule has 3 aromatic rings. The summed E-state index contributed by atoms with van der Waals surface area (Å²) in [5, 5.41) is 11.2. The normalized spacial score (nSPS) is 17.6. The molecule has 0 spiro atoms. The Kier molecular flexibility index (Phi) is 5.48. The first-order valence-corrected chi connectivity index (χ1v) is 9.79. The molecule has 0 saturated carbocycles. The molecule has 1 unspecified atom stereocenters. The van der Waals surface area contributed by atoms with Crippen molar-refractivity contribution < 1.29 is 28.2 Å². The van der Waals surface area contributed by atoms with Gasteiger partial charge >= 0.3 is 0 Å². The summed E-state index contributed by atoms with van der Waals surface area (Å²) in [7, 11) is 1.41. The number of hydrogen-bond donors (Lipinski definition) is 1. The minimum absolute atomic E-state index is 0.214. The number of halogens is 2. The number of methoxy groups -OCH3 is 1. The SMILES string of the molecule is COc1ccc(C)cc1/C(O)=C1\C(=O)C(=O)N(c2cc(F)ccc2F)C1c1ccccc1. The van der Waals surface area contributed by atoms with Crippen LogP contribution in [-0.2, 0) is 9.59 Å². The number of aryl methyl sites for hydroxylation is 1. The number of aliphatic hydroxyl groups excluding tert-OH is 1. The maximum absolute atomic E-state index is 14.7. The molecule has 5 nitrogen and oxygen atoms in total. The first-order chi connectivity index (χ1) is 15.3. The van der Waals surface area contributed by atoms with Gasteiger partial charge in [0.15, 0.2) is 0 Å². The number of benzene rings is 3. The molecule has 32 heavy (non-hydrogen) atoms. The third-order valence-corrected chi connectivity index (χ3v) is 5.34. The number of ketones is 1. The molecule has 0 aromatic heterocycles. The minimum atomic E-state index is -1.17. The summed E-state index contributed by atoms with van der Waals surface area (Å²) in [5.74, 6) is -3.89. The number of amides is 1. The van der Waals surface area contributed by atoms with E-state index in [-0.39, 0.29) is 11.1 Å². The van der Waals surface area contributed by atoms with E-state index in [9.17, 15) is 23.5 Å². The molecule has 1 N–H and O–H groups in total. The van der Waals surface area contributed by atoms with Crippen LogP contribution in [-0.4, -0.2) is 23.9 Å². The molecule has 0 aliphatic carbocycles. The van der Waals surface area contributed by atoms with Gasteiger partial charge in [-0.15, -0.1) is 0 Å². The molecule has 1 fully saturated rings. The van der Waals surface area contributed by atoms with Gasteiger partial charge in [0.2, 0.25) is 0 Å². The Labute approximate surface area is 183 Å². The van der Waals surface area contributed by atoms with Crippen molar-refractivity contribution in [2.75, 3.05) is 12.0 Å². The highest BCUT2D eigenvalue weighted by molar-refractivity contribution is 6.51. The Bertz CT molecular complexity index is 1250. The topological polar surface area (TPSA) is 66.8 Å². The number of carbonyl (C=O) groups is 2. The molecule has 0 bridgehead atoms. The summed E-state index contributed by atoms with van der Waals surface area (Å²) in [6, 6.07) is 14.9. The Morgan fingerprint density at radius 2 is 1.72 bits per heavy atom. The predicted octanol–water partition coefficient (Wildman–Crippen LogP) is 4.91. The zero-order valence-corrected chi connectivity index (χ0v) is 17.3. The van der Waals surface area contributed by atoms with E-state index in [0.29, 0.717) is 11.3 Å². The van der Waals surface area contributed by atoms with Gasteiger partial charge in [-0.3, -0.25) is 14.5 Å². The lowest BCUT2D eigenvalue weighted by Gasteiger charge is -2.26. The van der Waals surface area contributed by atoms with Crippen molar-refractivity contribution in [1.29, 1.82) is 0 Å². The standard InChI is InChI=1S/C25H19F2NO4/c1-14-8-11-20(32-2)17(12-14)23(29)21-22(15-6-4-3-5-7-15)28(25(31)24(21)30)19-13-16(26)9-10-18(19)27/h3-13,22,29H,1-2H3/b23-21+. The molecule has 1 saturated heterocycles. The van der Waals surface area contributed by atoms with Crippen molar-refractivity contribution in [1.82, 2.24) is 0 Å². The molecule has 1 heterocycles. The summed E-state index contributed by atoms with van der Waals surface area (Å²) in [6.45, 7) is 1.80. The van der Waals surface area contributed by atoms with Crippen LogP contribution in [0.4, 0.5) is 14.5 Å². The van der Waals surface area contributed by atoms with Crippen molar-refractivity contribution in [2.45, 2.75) is 13.0 Å². The first-order valence-electron chi connectivity index (χ1n) is 9.79. The van der Waals surface area contributed by atoms with E-state index in [4.69, 9.17) is 4.74 Å². The Morgan fingerprint density at radius 3 is 2.41 bits per heavy atom. The average molecular weight is 435 g/mol. The number of carbonyl (C=O) groups excluding carboxylic acids is 2. The van der Waals surface area contributed by atoms with E-state index in [1.165, 1.54) is 7.11 Å². The van der Waals surface area contributed by atoms with Gasteiger partial charge in [-0.25, -0.2) is 8.78 Å². The number of hydrogen-bond acceptors (Lipinski definition) is 4. The van der Waals surface area contributed by atoms with Gasteiger partial charge in [0.1, 0.15) is 23.1 Å². The monoisotopic (exact) mass is 435 g/mol. The second-order valence-corrected chi connectivity index (χ2v) is 7.38. The van der Waals surface area contributed by atoms with Crippen LogP contribution in [0.1, 0.15) is 22.7 Å². The van der Waals surface area contributed by atoms with Crippen LogP contribution in [0.25, 0.3) is 5.76 Å². The highest BCUT2D eigenvalue weighted by Gasteiger charge is 2.48. The van der Waals surface area contributed by atoms with Crippen LogP contribution in [0.15, 0.2) is 72.3 Å². The van der Waals surface area contributed by atoms with E-state index in [1.54, 1.807) is 55.5 Å². The van der Waals surface area contributed by atoms with Gasteiger partial charge in [-0.1, -0.05) is 42.0 Å². The summed E-state index contributed by atoms with van der Waals surface area (Å²) in [5.41, 5.74) is 0.814. The van der Waals surface area contributed by atoms with E-state index in [1.807, 2.05) is 0 Å². The summed E-state index contributed by atoms with van der Waals surface area (Å²) in [6.07, 6.45) is 0. The first kappa shape index (κ1) is 21.2. The quantitative estimate of drug-likeness (QED) is 0.359. The van der Waals surface area contributed by atoms with Crippen LogP contribution in [0.5, 0.6) is 5.75 Å². The smallest absolute Gasteiger partial charge is 0.300 e. The number of Topliss-reactive ketones (excluding diaryl/α,β-unsaturated/α-hetero) is 1. The van der Waals surface area contributed by atoms with Crippen molar-refractivity contribution in [2.24, 2.45) is 0 Å². The van der Waals surface area contributed by atoms with Gasteiger partial charge in [0, 0.05) is 6.07 Å². The Morgan fingerprint density at radius 1 is 1.00 bits per heavy atom. The van der Waals surface area contributed by atoms with Gasteiger partial charge in [0.05, 0.1) is 30.0 Å². The molecule has 1 amide bonds. The van der Waals surface area contributed by atoms with Crippen LogP contribution in [0.2, 0.25) is 0 Å². The second kappa shape index (κ2) is 8.26. The lowest BCUT2D eigenvalue weighted by molar-refractivity contribution is -0.132. The third-order valence-electron chi connectivity index (χ3n) is 5.34. The fraction of sp³-hybridized carbons (Fsp3) is 0.120. The molecule has 1 aliphatic heterocycles. The van der Waals surface area contributed by atoms with Gasteiger partial charge in [0.25, 0.3) is 11.7 Å². The maximum atomic E-state index is 14.7. The molecule has 7 heteroatoms. The molecule has 0 radical (unpaired) electrons. The average Bonchev–Trinajstić information content (AvgIpc) is 3.06. The molecule has 1 atom stereocenters. The Balaban J connectivity index is 2.01. The highest BCUT2D eigenvalue weighted by atomic mass is 19.1.